The van der Waals surface area contributed by atoms with E-state index in [1.54, 1.807) is 31.5 Å². The molecule has 144 valence electrons. The molecule has 0 atom stereocenters. The van der Waals surface area contributed by atoms with Crippen molar-refractivity contribution in [3.05, 3.63) is 59.4 Å². The number of aromatic nitrogens is 1. The van der Waals surface area contributed by atoms with Crippen molar-refractivity contribution in [3.63, 3.8) is 0 Å². The summed E-state index contributed by atoms with van der Waals surface area (Å²) in [7, 11) is -1.63. The van der Waals surface area contributed by atoms with Gasteiger partial charge in [0.1, 0.15) is 0 Å². The fourth-order valence-corrected chi connectivity index (χ4v) is 4.41. The van der Waals surface area contributed by atoms with Crippen LogP contribution in [-0.4, -0.2) is 61.7 Å². The summed E-state index contributed by atoms with van der Waals surface area (Å²) in [6.45, 7) is 4.46. The van der Waals surface area contributed by atoms with Crippen LogP contribution in [0.5, 0.6) is 0 Å². The van der Waals surface area contributed by atoms with Crippen molar-refractivity contribution in [2.45, 2.75) is 18.4 Å². The Hall–Kier alpha value is -2.29. The normalized spacial score (nSPS) is 16.2. The molecule has 7 nitrogen and oxygen atoms in total. The number of rotatable bonds is 5. The predicted molar refractivity (Wildman–Crippen MR) is 103 cm³/mol. The minimum atomic E-state index is -3.61. The number of hydrogen-bond donors (Lipinski definition) is 1. The van der Waals surface area contributed by atoms with Gasteiger partial charge in [0, 0.05) is 50.7 Å². The fourth-order valence-electron chi connectivity index (χ4n) is 2.96. The van der Waals surface area contributed by atoms with Gasteiger partial charge >= 0.3 is 0 Å². The first-order valence-corrected chi connectivity index (χ1v) is 10.3. The van der Waals surface area contributed by atoms with E-state index in [0.29, 0.717) is 38.3 Å². The topological polar surface area (TPSA) is 82.6 Å². The van der Waals surface area contributed by atoms with E-state index in [9.17, 15) is 13.2 Å². The molecule has 1 amide bonds. The molecule has 1 aliphatic rings. The van der Waals surface area contributed by atoms with Crippen LogP contribution in [0.2, 0.25) is 0 Å². The number of benzene rings is 1. The third-order valence-corrected chi connectivity index (χ3v) is 6.65. The Labute approximate surface area is 160 Å². The van der Waals surface area contributed by atoms with Gasteiger partial charge in [0.2, 0.25) is 10.0 Å². The second-order valence-corrected chi connectivity index (χ2v) is 8.66. The second-order valence-electron chi connectivity index (χ2n) is 6.72. The summed E-state index contributed by atoms with van der Waals surface area (Å²) in [5, 5.41) is 2.84. The highest BCUT2D eigenvalue weighted by atomic mass is 32.2. The lowest BCUT2D eigenvalue weighted by atomic mass is 10.1. The summed E-state index contributed by atoms with van der Waals surface area (Å²) in [5.74, 6) is -0.292. The number of pyridine rings is 1. The SMILES string of the molecule is Cc1ccc(S(=O)(=O)N2CCN(C)CC2)cc1C(=O)NCc1ccncc1. The van der Waals surface area contributed by atoms with Crippen LogP contribution in [0, 0.1) is 6.92 Å². The van der Waals surface area contributed by atoms with Crippen molar-refractivity contribution in [2.24, 2.45) is 0 Å². The number of sulfonamides is 1. The Morgan fingerprint density at radius 2 is 1.78 bits per heavy atom. The van der Waals surface area contributed by atoms with E-state index < -0.39 is 10.0 Å². The number of hydrogen-bond acceptors (Lipinski definition) is 5. The zero-order chi connectivity index (χ0) is 19.4. The van der Waals surface area contributed by atoms with Crippen molar-refractivity contribution >= 4 is 15.9 Å². The number of nitrogens with one attached hydrogen (secondary N) is 1. The van der Waals surface area contributed by atoms with Crippen LogP contribution in [0.25, 0.3) is 0 Å². The van der Waals surface area contributed by atoms with E-state index in [-0.39, 0.29) is 10.8 Å². The number of carbonyl (C=O) groups is 1. The third kappa shape index (κ3) is 4.52. The highest BCUT2D eigenvalue weighted by Gasteiger charge is 2.28. The molecule has 1 fully saturated rings. The molecule has 0 bridgehead atoms. The van der Waals surface area contributed by atoms with Crippen LogP contribution in [0.15, 0.2) is 47.6 Å². The van der Waals surface area contributed by atoms with Crippen molar-refractivity contribution in [1.82, 2.24) is 19.5 Å². The Balaban J connectivity index is 1.78. The molecule has 0 aliphatic carbocycles. The molecule has 1 aliphatic heterocycles. The summed E-state index contributed by atoms with van der Waals surface area (Å²) >= 11 is 0. The highest BCUT2D eigenvalue weighted by Crippen LogP contribution is 2.21. The van der Waals surface area contributed by atoms with Crippen molar-refractivity contribution in [1.29, 1.82) is 0 Å². The van der Waals surface area contributed by atoms with Gasteiger partial charge in [0.25, 0.3) is 5.91 Å². The van der Waals surface area contributed by atoms with Gasteiger partial charge in [-0.2, -0.15) is 4.31 Å². The monoisotopic (exact) mass is 388 g/mol. The number of aryl methyl sites for hydroxylation is 1. The maximum Gasteiger partial charge on any atom is 0.251 e. The van der Waals surface area contributed by atoms with Crippen LogP contribution < -0.4 is 5.32 Å². The van der Waals surface area contributed by atoms with Gasteiger partial charge in [-0.05, 0) is 49.4 Å². The lowest BCUT2D eigenvalue weighted by Gasteiger charge is -2.31. The summed E-state index contributed by atoms with van der Waals surface area (Å²) in [6, 6.07) is 8.38. The molecular formula is C19H24N4O3S. The Bertz CT molecular complexity index is 908. The van der Waals surface area contributed by atoms with Crippen LogP contribution in [0.1, 0.15) is 21.5 Å². The number of likely N-dealkylation sites (N-methyl/N-ethyl adjacent to an activating group) is 1. The van der Waals surface area contributed by atoms with E-state index in [1.807, 2.05) is 19.2 Å². The largest absolute Gasteiger partial charge is 0.348 e. The summed E-state index contributed by atoms with van der Waals surface area (Å²) in [5.41, 5.74) is 2.04. The van der Waals surface area contributed by atoms with Gasteiger partial charge in [-0.15, -0.1) is 0 Å². The molecule has 1 aromatic heterocycles. The third-order valence-electron chi connectivity index (χ3n) is 4.76. The smallest absolute Gasteiger partial charge is 0.251 e. The van der Waals surface area contributed by atoms with Gasteiger partial charge < -0.3 is 10.2 Å². The molecule has 0 unspecified atom stereocenters. The standard InChI is InChI=1S/C19H24N4O3S/c1-15-3-4-17(27(25,26)23-11-9-22(2)10-12-23)13-18(15)19(24)21-14-16-5-7-20-8-6-16/h3-8,13H,9-12,14H2,1-2H3,(H,21,24). The number of piperazine rings is 1. The molecule has 3 rings (SSSR count). The number of carbonyl (C=O) groups excluding carboxylic acids is 1. The lowest BCUT2D eigenvalue weighted by Crippen LogP contribution is -2.47. The zero-order valence-corrected chi connectivity index (χ0v) is 16.4. The summed E-state index contributed by atoms with van der Waals surface area (Å²) in [4.78, 5) is 18.8. The highest BCUT2D eigenvalue weighted by molar-refractivity contribution is 7.89. The molecule has 0 spiro atoms. The molecular weight excluding hydrogens is 364 g/mol. The average Bonchev–Trinajstić information content (AvgIpc) is 2.67. The maximum atomic E-state index is 12.9. The summed E-state index contributed by atoms with van der Waals surface area (Å²) in [6.07, 6.45) is 3.33. The minimum Gasteiger partial charge on any atom is -0.348 e. The first-order valence-electron chi connectivity index (χ1n) is 8.84. The van der Waals surface area contributed by atoms with Crippen molar-refractivity contribution < 1.29 is 13.2 Å². The molecule has 2 heterocycles. The Morgan fingerprint density at radius 1 is 1.11 bits per heavy atom. The van der Waals surface area contributed by atoms with Crippen LogP contribution >= 0.6 is 0 Å². The van der Waals surface area contributed by atoms with Crippen LogP contribution in [-0.2, 0) is 16.6 Å². The minimum absolute atomic E-state index is 0.159. The van der Waals surface area contributed by atoms with Crippen molar-refractivity contribution in [3.8, 4) is 0 Å². The maximum absolute atomic E-state index is 12.9. The van der Waals surface area contributed by atoms with E-state index in [1.165, 1.54) is 10.4 Å². The predicted octanol–water partition coefficient (Wildman–Crippen LogP) is 1.26. The molecule has 1 aromatic carbocycles. The molecule has 1 N–H and O–H groups in total. The van der Waals surface area contributed by atoms with Gasteiger partial charge in [0.15, 0.2) is 0 Å². The zero-order valence-electron chi connectivity index (χ0n) is 15.6. The second kappa shape index (κ2) is 8.16. The molecule has 0 radical (unpaired) electrons. The van der Waals surface area contributed by atoms with Gasteiger partial charge in [-0.25, -0.2) is 8.42 Å². The van der Waals surface area contributed by atoms with E-state index >= 15 is 0 Å². The summed E-state index contributed by atoms with van der Waals surface area (Å²) < 4.78 is 27.3. The number of nitrogens with zero attached hydrogens (tertiary/aromatic N) is 3. The molecule has 1 saturated heterocycles. The molecule has 8 heteroatoms. The van der Waals surface area contributed by atoms with E-state index in [0.717, 1.165) is 11.1 Å². The van der Waals surface area contributed by atoms with Gasteiger partial charge in [0.05, 0.1) is 4.90 Å². The van der Waals surface area contributed by atoms with E-state index in [4.69, 9.17) is 0 Å². The first kappa shape index (κ1) is 19.5. The molecule has 0 saturated carbocycles. The van der Waals surface area contributed by atoms with Crippen LogP contribution in [0.3, 0.4) is 0 Å². The average molecular weight is 388 g/mol. The lowest BCUT2D eigenvalue weighted by molar-refractivity contribution is 0.0950. The Morgan fingerprint density at radius 3 is 2.44 bits per heavy atom. The quantitative estimate of drug-likeness (QED) is 0.834. The fraction of sp³-hybridized carbons (Fsp3) is 0.368. The van der Waals surface area contributed by atoms with Crippen molar-refractivity contribution in [2.75, 3.05) is 33.2 Å². The molecule has 2 aromatic rings. The Kier molecular flexibility index (Phi) is 5.88. The van der Waals surface area contributed by atoms with Gasteiger partial charge in [-0.3, -0.25) is 9.78 Å². The van der Waals surface area contributed by atoms with E-state index in [2.05, 4.69) is 15.2 Å². The number of amides is 1. The van der Waals surface area contributed by atoms with Crippen LogP contribution in [0.4, 0.5) is 0 Å². The molecule has 27 heavy (non-hydrogen) atoms. The first-order chi connectivity index (χ1) is 12.9. The van der Waals surface area contributed by atoms with Gasteiger partial charge in [-0.1, -0.05) is 6.07 Å².